The van der Waals surface area contributed by atoms with Crippen molar-refractivity contribution in [1.29, 1.82) is 0 Å². The smallest absolute Gasteiger partial charge is 0.349 e. The van der Waals surface area contributed by atoms with Crippen LogP contribution in [0.25, 0.3) is 22.0 Å². The highest BCUT2D eigenvalue weighted by Crippen LogP contribution is 2.54. The van der Waals surface area contributed by atoms with Crippen LogP contribution in [0, 0.1) is 24.0 Å². The Morgan fingerprint density at radius 1 is 1.12 bits per heavy atom. The van der Waals surface area contributed by atoms with E-state index in [0.717, 1.165) is 31.4 Å². The van der Waals surface area contributed by atoms with E-state index in [1.165, 1.54) is 29.3 Å². The maximum Gasteiger partial charge on any atom is 0.417 e. The van der Waals surface area contributed by atoms with E-state index in [-0.39, 0.29) is 69.2 Å². The number of carbonyl (C=O) groups is 1. The standard InChI is InChI=1S/C31H31F5N4O2S/c1-5-24(41)38-12-18(4)39(13-17(38)3)28-20-10-21(31(34,35)36)25(19-9-16(2)22(32)11-23(19)33)27-26(20)40(29(42)37-28)14-30(15-43-27)7-6-8-30/h5,9-11,17-18H,1,6-8,12-15H2,2-4H3/t17-,18?/m1/s1. The fourth-order valence-corrected chi connectivity index (χ4v) is 8.22. The Labute approximate surface area is 249 Å². The van der Waals surface area contributed by atoms with Crippen molar-refractivity contribution in [2.24, 2.45) is 5.41 Å². The van der Waals surface area contributed by atoms with Crippen LogP contribution in [-0.2, 0) is 17.5 Å². The predicted molar refractivity (Wildman–Crippen MR) is 156 cm³/mol. The normalized spacial score (nSPS) is 21.6. The monoisotopic (exact) mass is 618 g/mol. The molecule has 1 aliphatic carbocycles. The molecule has 1 spiro atoms. The number of thioether (sulfide) groups is 1. The molecule has 3 aliphatic rings. The lowest BCUT2D eigenvalue weighted by Crippen LogP contribution is -2.58. The van der Waals surface area contributed by atoms with Crippen LogP contribution >= 0.6 is 11.8 Å². The zero-order valence-corrected chi connectivity index (χ0v) is 24.8. The molecule has 2 atom stereocenters. The number of alkyl halides is 3. The number of aromatic nitrogens is 2. The number of hydrogen-bond acceptors (Lipinski definition) is 5. The van der Waals surface area contributed by atoms with Crippen LogP contribution in [0.2, 0.25) is 0 Å². The van der Waals surface area contributed by atoms with Gasteiger partial charge in [0, 0.05) is 64.9 Å². The van der Waals surface area contributed by atoms with Crippen LogP contribution in [0.3, 0.4) is 0 Å². The molecule has 0 radical (unpaired) electrons. The van der Waals surface area contributed by atoms with E-state index in [1.54, 1.807) is 9.80 Å². The Bertz CT molecular complexity index is 1730. The number of benzene rings is 2. The van der Waals surface area contributed by atoms with Crippen molar-refractivity contribution in [3.8, 4) is 11.1 Å². The third-order valence-electron chi connectivity index (χ3n) is 9.17. The molecule has 1 unspecified atom stereocenters. The van der Waals surface area contributed by atoms with Crippen LogP contribution < -0.4 is 10.6 Å². The number of amides is 1. The molecule has 2 aromatic carbocycles. The van der Waals surface area contributed by atoms with Gasteiger partial charge in [0.05, 0.1) is 11.1 Å². The molecule has 6 rings (SSSR count). The molecule has 6 nitrogen and oxygen atoms in total. The number of rotatable bonds is 3. The molecule has 0 bridgehead atoms. The number of aryl methyl sites for hydroxylation is 1. The van der Waals surface area contributed by atoms with Crippen molar-refractivity contribution in [3.63, 3.8) is 0 Å². The minimum absolute atomic E-state index is 0.00784. The SMILES string of the molecule is C=CC(=O)N1CC(C)N(c2nc(=O)n3c4c(c(-c5cc(C)c(F)cc5F)c(C(F)(F)F)cc24)SCC2(CCC2)C3)C[C@H]1C. The maximum absolute atomic E-state index is 15.4. The summed E-state index contributed by atoms with van der Waals surface area (Å²) in [6.07, 6.45) is -1.12. The topological polar surface area (TPSA) is 58.4 Å². The van der Waals surface area contributed by atoms with Gasteiger partial charge in [-0.3, -0.25) is 9.36 Å². The van der Waals surface area contributed by atoms with Gasteiger partial charge in [0.1, 0.15) is 17.5 Å². The van der Waals surface area contributed by atoms with E-state index >= 15 is 4.39 Å². The Morgan fingerprint density at radius 2 is 1.84 bits per heavy atom. The van der Waals surface area contributed by atoms with Crippen molar-refractivity contribution in [3.05, 3.63) is 64.1 Å². The lowest BCUT2D eigenvalue weighted by Gasteiger charge is -2.44. The highest BCUT2D eigenvalue weighted by molar-refractivity contribution is 7.99. The summed E-state index contributed by atoms with van der Waals surface area (Å²) in [6.45, 7) is 9.35. The molecule has 1 saturated carbocycles. The zero-order chi connectivity index (χ0) is 31.0. The first kappa shape index (κ1) is 29.7. The number of anilines is 1. The van der Waals surface area contributed by atoms with Gasteiger partial charge in [0.2, 0.25) is 5.91 Å². The first-order valence-corrected chi connectivity index (χ1v) is 15.2. The summed E-state index contributed by atoms with van der Waals surface area (Å²) >= 11 is 1.20. The summed E-state index contributed by atoms with van der Waals surface area (Å²) in [6, 6.07) is 1.96. The first-order valence-electron chi connectivity index (χ1n) is 14.2. The fourth-order valence-electron chi connectivity index (χ4n) is 6.67. The van der Waals surface area contributed by atoms with Crippen molar-refractivity contribution >= 4 is 34.4 Å². The lowest BCUT2D eigenvalue weighted by atomic mass is 9.70. The quantitative estimate of drug-likeness (QED) is 0.246. The van der Waals surface area contributed by atoms with E-state index in [9.17, 15) is 27.2 Å². The highest BCUT2D eigenvalue weighted by Gasteiger charge is 2.44. The molecule has 1 aromatic heterocycles. The lowest BCUT2D eigenvalue weighted by molar-refractivity contribution is -0.137. The van der Waals surface area contributed by atoms with Crippen LogP contribution in [0.1, 0.15) is 44.2 Å². The third kappa shape index (κ3) is 4.81. The van der Waals surface area contributed by atoms with Gasteiger partial charge >= 0.3 is 11.9 Å². The first-order chi connectivity index (χ1) is 20.2. The van der Waals surface area contributed by atoms with Crippen LogP contribution in [-0.4, -0.2) is 51.3 Å². The van der Waals surface area contributed by atoms with E-state index in [0.29, 0.717) is 18.4 Å². The van der Waals surface area contributed by atoms with Crippen molar-refractivity contribution in [2.45, 2.75) is 69.7 Å². The Kier molecular flexibility index (Phi) is 7.14. The molecule has 228 valence electrons. The molecule has 43 heavy (non-hydrogen) atoms. The van der Waals surface area contributed by atoms with Crippen LogP contribution in [0.5, 0.6) is 0 Å². The second-order valence-electron chi connectivity index (χ2n) is 12.1. The van der Waals surface area contributed by atoms with Gasteiger partial charge in [-0.05, 0) is 62.8 Å². The third-order valence-corrected chi connectivity index (χ3v) is 10.6. The van der Waals surface area contributed by atoms with Gasteiger partial charge in [-0.2, -0.15) is 18.2 Å². The molecule has 2 fully saturated rings. The van der Waals surface area contributed by atoms with E-state index in [2.05, 4.69) is 11.6 Å². The average Bonchev–Trinajstić information content (AvgIpc) is 3.12. The van der Waals surface area contributed by atoms with Gasteiger partial charge in [-0.25, -0.2) is 13.6 Å². The Balaban J connectivity index is 1.67. The summed E-state index contributed by atoms with van der Waals surface area (Å²) < 4.78 is 75.9. The summed E-state index contributed by atoms with van der Waals surface area (Å²) in [7, 11) is 0. The summed E-state index contributed by atoms with van der Waals surface area (Å²) in [5.41, 5.74) is -2.44. The van der Waals surface area contributed by atoms with E-state index < -0.39 is 34.6 Å². The van der Waals surface area contributed by atoms with Gasteiger partial charge in [-0.15, -0.1) is 11.8 Å². The molecule has 2 aliphatic heterocycles. The van der Waals surface area contributed by atoms with Crippen molar-refractivity contribution in [2.75, 3.05) is 23.7 Å². The minimum atomic E-state index is -4.90. The largest absolute Gasteiger partial charge is 0.417 e. The molecule has 1 amide bonds. The molecule has 1 saturated heterocycles. The van der Waals surface area contributed by atoms with Gasteiger partial charge < -0.3 is 9.80 Å². The molecule has 3 aromatic rings. The minimum Gasteiger partial charge on any atom is -0.349 e. The molecule has 3 heterocycles. The summed E-state index contributed by atoms with van der Waals surface area (Å²) in [4.78, 5) is 34.2. The van der Waals surface area contributed by atoms with Crippen molar-refractivity contribution < 1.29 is 26.7 Å². The maximum atomic E-state index is 15.4. The van der Waals surface area contributed by atoms with E-state index in [1.807, 2.05) is 13.8 Å². The highest BCUT2D eigenvalue weighted by atomic mass is 32.2. The number of halogens is 5. The molecular formula is C31H31F5N4O2S. The fraction of sp³-hybridized carbons (Fsp3) is 0.452. The number of hydrogen-bond donors (Lipinski definition) is 0. The molecule has 0 N–H and O–H groups in total. The second kappa shape index (κ2) is 10.3. The summed E-state index contributed by atoms with van der Waals surface area (Å²) in [5, 5.41) is 0.135. The van der Waals surface area contributed by atoms with Crippen LogP contribution in [0.15, 0.2) is 40.5 Å². The van der Waals surface area contributed by atoms with Gasteiger partial charge in [0.15, 0.2) is 0 Å². The number of nitrogens with zero attached hydrogens (tertiary/aromatic N) is 4. The van der Waals surface area contributed by atoms with Gasteiger partial charge in [0.25, 0.3) is 0 Å². The summed E-state index contributed by atoms with van der Waals surface area (Å²) in [5.74, 6) is -1.68. The Hall–Kier alpha value is -3.41. The predicted octanol–water partition coefficient (Wildman–Crippen LogP) is 6.56. The average molecular weight is 619 g/mol. The number of piperazine rings is 1. The van der Waals surface area contributed by atoms with Crippen LogP contribution in [0.4, 0.5) is 27.8 Å². The molecular weight excluding hydrogens is 587 g/mol. The zero-order valence-electron chi connectivity index (χ0n) is 24.0. The van der Waals surface area contributed by atoms with E-state index in [4.69, 9.17) is 0 Å². The Morgan fingerprint density at radius 3 is 2.47 bits per heavy atom. The van der Waals surface area contributed by atoms with Crippen molar-refractivity contribution in [1.82, 2.24) is 14.5 Å². The molecule has 12 heteroatoms. The second-order valence-corrected chi connectivity index (χ2v) is 13.1. The van der Waals surface area contributed by atoms with Gasteiger partial charge in [-0.1, -0.05) is 13.0 Å². The number of carbonyl (C=O) groups excluding carboxylic acids is 1.